The zero-order valence-corrected chi connectivity index (χ0v) is 23.9. The first kappa shape index (κ1) is 27.0. The summed E-state index contributed by atoms with van der Waals surface area (Å²) in [7, 11) is 3.92. The minimum atomic E-state index is -0.0248. The van der Waals surface area contributed by atoms with Crippen LogP contribution in [0.2, 0.25) is 5.02 Å². The second-order valence-corrected chi connectivity index (χ2v) is 11.2. The number of hydrogen-bond donors (Lipinski definition) is 1. The lowest BCUT2D eigenvalue weighted by atomic mass is 10.0. The molecule has 1 aromatic carbocycles. The maximum Gasteiger partial charge on any atom is 0.158 e. The van der Waals surface area contributed by atoms with E-state index in [1.807, 2.05) is 23.4 Å². The standard InChI is InChI=1S/C29H37ClN8O2/c1-35-10-12-37(13-11-35)23-5-8-36(9-6-23)24-3-4-25(27(16-24)39-2)34-28-17-29(33-20-32-28)38-26(7-14-40-38)21-15-22(30)19-31-18-21/h3-4,15-20,23,26H,5-14H2,1-2H3,(H,32,33,34)/t26-/m1/s1. The van der Waals surface area contributed by atoms with Gasteiger partial charge in [0.25, 0.3) is 0 Å². The van der Waals surface area contributed by atoms with Crippen molar-refractivity contribution in [1.82, 2.24) is 24.8 Å². The van der Waals surface area contributed by atoms with Crippen molar-refractivity contribution in [3.05, 3.63) is 59.6 Å². The lowest BCUT2D eigenvalue weighted by Gasteiger charge is -2.42. The number of halogens is 1. The molecule has 40 heavy (non-hydrogen) atoms. The van der Waals surface area contributed by atoms with Crippen molar-refractivity contribution >= 4 is 34.6 Å². The molecule has 0 bridgehead atoms. The van der Waals surface area contributed by atoms with Gasteiger partial charge in [0.1, 0.15) is 17.9 Å². The largest absolute Gasteiger partial charge is 0.494 e. The molecule has 3 aliphatic heterocycles. The summed E-state index contributed by atoms with van der Waals surface area (Å²) in [6.07, 6.45) is 8.20. The first-order valence-electron chi connectivity index (χ1n) is 14.0. The molecule has 5 heterocycles. The van der Waals surface area contributed by atoms with Gasteiger partial charge in [-0.25, -0.2) is 15.0 Å². The Kier molecular flexibility index (Phi) is 8.20. The van der Waals surface area contributed by atoms with Gasteiger partial charge in [0.05, 0.1) is 30.5 Å². The number of methoxy groups -OCH3 is 1. The van der Waals surface area contributed by atoms with E-state index in [4.69, 9.17) is 21.2 Å². The third kappa shape index (κ3) is 5.95. The van der Waals surface area contributed by atoms with Crippen LogP contribution in [0.15, 0.2) is 49.1 Å². The lowest BCUT2D eigenvalue weighted by Crippen LogP contribution is -2.52. The summed E-state index contributed by atoms with van der Waals surface area (Å²) in [6.45, 7) is 7.41. The Morgan fingerprint density at radius 1 is 0.975 bits per heavy atom. The summed E-state index contributed by atoms with van der Waals surface area (Å²) >= 11 is 6.19. The van der Waals surface area contributed by atoms with Crippen molar-refractivity contribution in [2.24, 2.45) is 0 Å². The van der Waals surface area contributed by atoms with Crippen LogP contribution >= 0.6 is 11.6 Å². The highest BCUT2D eigenvalue weighted by Crippen LogP contribution is 2.37. The smallest absolute Gasteiger partial charge is 0.158 e. The van der Waals surface area contributed by atoms with Crippen molar-refractivity contribution in [2.75, 3.05) is 75.3 Å². The van der Waals surface area contributed by atoms with Crippen molar-refractivity contribution < 1.29 is 9.57 Å². The Morgan fingerprint density at radius 3 is 2.58 bits per heavy atom. The van der Waals surface area contributed by atoms with E-state index < -0.39 is 0 Å². The molecule has 1 N–H and O–H groups in total. The normalized spacial score (nSPS) is 21.1. The number of hydroxylamine groups is 1. The quantitative estimate of drug-likeness (QED) is 0.446. The Morgan fingerprint density at radius 2 is 1.80 bits per heavy atom. The fraction of sp³-hybridized carbons (Fsp3) is 0.483. The molecule has 0 saturated carbocycles. The molecule has 3 aliphatic rings. The topological polar surface area (TPSA) is 82.1 Å². The van der Waals surface area contributed by atoms with Crippen LogP contribution in [0.25, 0.3) is 0 Å². The highest BCUT2D eigenvalue weighted by Gasteiger charge is 2.30. The maximum atomic E-state index is 6.19. The van der Waals surface area contributed by atoms with Crippen LogP contribution in [-0.2, 0) is 4.84 Å². The molecular formula is C29H37ClN8O2. The third-order valence-electron chi connectivity index (χ3n) is 8.23. The van der Waals surface area contributed by atoms with E-state index in [0.29, 0.717) is 29.3 Å². The molecule has 2 aromatic heterocycles. The fourth-order valence-corrected chi connectivity index (χ4v) is 6.12. The van der Waals surface area contributed by atoms with Gasteiger partial charge in [-0.15, -0.1) is 0 Å². The van der Waals surface area contributed by atoms with Gasteiger partial charge in [0.2, 0.25) is 0 Å². The van der Waals surface area contributed by atoms with Crippen molar-refractivity contribution in [3.8, 4) is 5.75 Å². The Bertz CT molecular complexity index is 1300. The first-order valence-corrected chi connectivity index (χ1v) is 14.4. The molecule has 0 radical (unpaired) electrons. The Hall–Kier alpha value is -3.18. The molecule has 6 rings (SSSR count). The van der Waals surface area contributed by atoms with Crippen LogP contribution in [0.5, 0.6) is 5.75 Å². The maximum absolute atomic E-state index is 6.19. The molecule has 0 aliphatic carbocycles. The summed E-state index contributed by atoms with van der Waals surface area (Å²) in [5, 5.41) is 5.83. The molecule has 0 amide bonds. The minimum absolute atomic E-state index is 0.0248. The Labute approximate surface area is 240 Å². The molecule has 3 fully saturated rings. The van der Waals surface area contributed by atoms with E-state index in [0.717, 1.165) is 36.5 Å². The minimum Gasteiger partial charge on any atom is -0.494 e. The average Bonchev–Trinajstić information content (AvgIpc) is 3.48. The molecule has 0 spiro atoms. The van der Waals surface area contributed by atoms with E-state index in [2.05, 4.69) is 60.2 Å². The third-order valence-corrected chi connectivity index (χ3v) is 8.43. The molecule has 0 unspecified atom stereocenters. The van der Waals surface area contributed by atoms with Crippen LogP contribution in [0.4, 0.5) is 23.0 Å². The van der Waals surface area contributed by atoms with E-state index in [9.17, 15) is 0 Å². The zero-order chi connectivity index (χ0) is 27.5. The monoisotopic (exact) mass is 564 g/mol. The van der Waals surface area contributed by atoms with E-state index in [-0.39, 0.29) is 6.04 Å². The SMILES string of the molecule is COc1cc(N2CCC(N3CCN(C)CC3)CC2)ccc1Nc1cc(N2OCC[C@@H]2c2cncc(Cl)c2)ncn1. The number of anilines is 4. The molecule has 11 heteroatoms. The number of nitrogens with zero attached hydrogens (tertiary/aromatic N) is 7. The summed E-state index contributed by atoms with van der Waals surface area (Å²) < 4.78 is 5.79. The fourth-order valence-electron chi connectivity index (χ4n) is 5.94. The number of pyridine rings is 1. The molecule has 1 atom stereocenters. The van der Waals surface area contributed by atoms with Gasteiger partial charge in [-0.3, -0.25) is 14.7 Å². The number of rotatable bonds is 7. The first-order chi connectivity index (χ1) is 19.6. The Balaban J connectivity index is 1.12. The van der Waals surface area contributed by atoms with Gasteiger partial charge < -0.3 is 19.9 Å². The lowest BCUT2D eigenvalue weighted by molar-refractivity contribution is 0.0982. The van der Waals surface area contributed by atoms with E-state index >= 15 is 0 Å². The van der Waals surface area contributed by atoms with Crippen LogP contribution in [0, 0.1) is 0 Å². The zero-order valence-electron chi connectivity index (χ0n) is 23.2. The van der Waals surface area contributed by atoms with Crippen molar-refractivity contribution in [1.29, 1.82) is 0 Å². The number of piperidine rings is 1. The summed E-state index contributed by atoms with van der Waals surface area (Å²) in [5.74, 6) is 2.10. The van der Waals surface area contributed by atoms with Crippen LogP contribution < -0.4 is 20.0 Å². The predicted octanol–water partition coefficient (Wildman–Crippen LogP) is 4.38. The highest BCUT2D eigenvalue weighted by molar-refractivity contribution is 6.30. The number of benzene rings is 1. The van der Waals surface area contributed by atoms with Gasteiger partial charge in [0.15, 0.2) is 5.82 Å². The van der Waals surface area contributed by atoms with Crippen molar-refractivity contribution in [3.63, 3.8) is 0 Å². The van der Waals surface area contributed by atoms with Crippen LogP contribution in [0.1, 0.15) is 30.9 Å². The van der Waals surface area contributed by atoms with Gasteiger partial charge in [-0.1, -0.05) is 11.6 Å². The van der Waals surface area contributed by atoms with Gasteiger partial charge in [-0.05, 0) is 43.7 Å². The van der Waals surface area contributed by atoms with E-state index in [1.165, 1.54) is 51.0 Å². The summed E-state index contributed by atoms with van der Waals surface area (Å²) in [5.41, 5.74) is 3.02. The second-order valence-electron chi connectivity index (χ2n) is 10.7. The van der Waals surface area contributed by atoms with Gasteiger partial charge in [-0.2, -0.15) is 0 Å². The summed E-state index contributed by atoms with van der Waals surface area (Å²) in [6, 6.07) is 10.8. The predicted molar refractivity (Wildman–Crippen MR) is 158 cm³/mol. The highest BCUT2D eigenvalue weighted by atomic mass is 35.5. The van der Waals surface area contributed by atoms with Crippen LogP contribution in [0.3, 0.4) is 0 Å². The second kappa shape index (κ2) is 12.1. The molecular weight excluding hydrogens is 528 g/mol. The number of nitrogens with one attached hydrogen (secondary N) is 1. The van der Waals surface area contributed by atoms with E-state index in [1.54, 1.807) is 13.3 Å². The van der Waals surface area contributed by atoms with Gasteiger partial charge >= 0.3 is 0 Å². The molecule has 212 valence electrons. The number of piperazine rings is 1. The summed E-state index contributed by atoms with van der Waals surface area (Å²) in [4.78, 5) is 26.7. The molecule has 3 aromatic rings. The molecule has 3 saturated heterocycles. The van der Waals surface area contributed by atoms with Gasteiger partial charge in [0, 0.05) is 81.9 Å². The molecule has 10 nitrogen and oxygen atoms in total. The number of hydrogen-bond acceptors (Lipinski definition) is 10. The number of aromatic nitrogens is 3. The number of likely N-dealkylation sites (N-methyl/N-ethyl adjacent to an activating group) is 1. The average molecular weight is 565 g/mol. The van der Waals surface area contributed by atoms with Crippen LogP contribution in [-0.4, -0.2) is 90.8 Å². The number of ether oxygens (including phenoxy) is 1. The van der Waals surface area contributed by atoms with Crippen molar-refractivity contribution in [2.45, 2.75) is 31.3 Å².